The van der Waals surface area contributed by atoms with E-state index in [9.17, 15) is 4.79 Å². The van der Waals surface area contributed by atoms with Crippen LogP contribution in [0.3, 0.4) is 0 Å². The van der Waals surface area contributed by atoms with Crippen LogP contribution in [0.4, 0.5) is 0 Å². The fourth-order valence-corrected chi connectivity index (χ4v) is 1.71. The quantitative estimate of drug-likeness (QED) is 0.789. The highest BCUT2D eigenvalue weighted by atomic mass is 16.2. The molecule has 0 aromatic carbocycles. The number of nitrogens with one attached hydrogen (secondary N) is 1. The minimum atomic E-state index is -0.136. The monoisotopic (exact) mass is 234 g/mol. The van der Waals surface area contributed by atoms with Crippen LogP contribution in [0.2, 0.25) is 0 Å². The minimum Gasteiger partial charge on any atom is -0.330 e. The first-order valence-electron chi connectivity index (χ1n) is 5.97. The van der Waals surface area contributed by atoms with Crippen LogP contribution >= 0.6 is 0 Å². The number of amides is 1. The van der Waals surface area contributed by atoms with Crippen LogP contribution in [0.25, 0.3) is 0 Å². The maximum absolute atomic E-state index is 12.2. The van der Waals surface area contributed by atoms with Gasteiger partial charge in [0.15, 0.2) is 0 Å². The molecule has 0 aliphatic heterocycles. The molecule has 0 spiro atoms. The Kier molecular flexibility index (Phi) is 3.26. The Hall–Kier alpha value is -1.65. The number of rotatable bonds is 5. The fraction of sp³-hybridized carbons (Fsp3) is 0.583. The van der Waals surface area contributed by atoms with Gasteiger partial charge in [-0.2, -0.15) is 0 Å². The topological polar surface area (TPSA) is 61.9 Å². The Bertz CT molecular complexity index is 420. The first kappa shape index (κ1) is 11.8. The second-order valence-corrected chi connectivity index (χ2v) is 4.66. The number of carbonyl (C=O) groups excluding carboxylic acids is 1. The molecule has 1 aliphatic rings. The molecule has 1 aliphatic carbocycles. The number of aromatic amines is 1. The molecule has 2 rings (SSSR count). The van der Waals surface area contributed by atoms with Crippen LogP contribution in [0, 0.1) is 0 Å². The molecule has 1 heterocycles. The molecule has 0 saturated heterocycles. The number of aromatic nitrogens is 3. The molecule has 1 N–H and O–H groups in total. The zero-order chi connectivity index (χ0) is 12.4. The van der Waals surface area contributed by atoms with Crippen molar-refractivity contribution in [1.82, 2.24) is 20.1 Å². The van der Waals surface area contributed by atoms with Gasteiger partial charge in [-0.05, 0) is 26.7 Å². The highest BCUT2D eigenvalue weighted by Crippen LogP contribution is 2.37. The summed E-state index contributed by atoms with van der Waals surface area (Å²) in [4.78, 5) is 18.1. The third kappa shape index (κ3) is 2.54. The molecule has 5 nitrogen and oxygen atoms in total. The standard InChI is InChI=1S/C12H18N4O/c1-4-7-16(8(2)3)12(17)11-13-10(14-15-11)9-5-6-9/h4,8-9H,1,5-7H2,2-3H3,(H,13,14,15). The van der Waals surface area contributed by atoms with E-state index in [2.05, 4.69) is 21.8 Å². The van der Waals surface area contributed by atoms with Gasteiger partial charge in [-0.3, -0.25) is 9.89 Å². The van der Waals surface area contributed by atoms with Gasteiger partial charge in [0.25, 0.3) is 5.91 Å². The van der Waals surface area contributed by atoms with E-state index in [1.165, 1.54) is 0 Å². The average Bonchev–Trinajstić information content (AvgIpc) is 3.03. The lowest BCUT2D eigenvalue weighted by Gasteiger charge is -2.23. The summed E-state index contributed by atoms with van der Waals surface area (Å²) in [6.07, 6.45) is 4.00. The van der Waals surface area contributed by atoms with Crippen molar-refractivity contribution in [3.8, 4) is 0 Å². The van der Waals surface area contributed by atoms with Gasteiger partial charge in [-0.15, -0.1) is 11.7 Å². The fourth-order valence-electron chi connectivity index (χ4n) is 1.71. The molecule has 5 heteroatoms. The van der Waals surface area contributed by atoms with Crippen molar-refractivity contribution in [3.05, 3.63) is 24.3 Å². The largest absolute Gasteiger partial charge is 0.330 e. The van der Waals surface area contributed by atoms with E-state index in [0.29, 0.717) is 12.5 Å². The average molecular weight is 234 g/mol. The van der Waals surface area contributed by atoms with E-state index in [4.69, 9.17) is 0 Å². The first-order valence-corrected chi connectivity index (χ1v) is 5.97. The van der Waals surface area contributed by atoms with Crippen molar-refractivity contribution in [2.75, 3.05) is 6.54 Å². The lowest BCUT2D eigenvalue weighted by Crippen LogP contribution is -2.37. The molecule has 17 heavy (non-hydrogen) atoms. The van der Waals surface area contributed by atoms with Gasteiger partial charge in [-0.25, -0.2) is 4.98 Å². The smallest absolute Gasteiger partial charge is 0.294 e. The van der Waals surface area contributed by atoms with Crippen LogP contribution in [-0.4, -0.2) is 38.6 Å². The van der Waals surface area contributed by atoms with Crippen molar-refractivity contribution >= 4 is 5.91 Å². The molecular weight excluding hydrogens is 216 g/mol. The SMILES string of the molecule is C=CCN(C(=O)c1n[nH]c(C2CC2)n1)C(C)C. The van der Waals surface area contributed by atoms with E-state index in [0.717, 1.165) is 18.7 Å². The number of nitrogens with zero attached hydrogens (tertiary/aromatic N) is 3. The van der Waals surface area contributed by atoms with Crippen LogP contribution in [0.5, 0.6) is 0 Å². The summed E-state index contributed by atoms with van der Waals surface area (Å²) in [5, 5.41) is 6.85. The Balaban J connectivity index is 2.12. The van der Waals surface area contributed by atoms with Crippen LogP contribution < -0.4 is 0 Å². The zero-order valence-electron chi connectivity index (χ0n) is 10.3. The summed E-state index contributed by atoms with van der Waals surface area (Å²) in [6.45, 7) is 8.11. The number of carbonyl (C=O) groups is 1. The molecule has 92 valence electrons. The Labute approximate surface area is 101 Å². The van der Waals surface area contributed by atoms with Gasteiger partial charge in [0.2, 0.25) is 5.82 Å². The normalized spacial score (nSPS) is 15.0. The molecule has 1 aromatic rings. The molecule has 1 saturated carbocycles. The van der Waals surface area contributed by atoms with E-state index in [1.807, 2.05) is 13.8 Å². The van der Waals surface area contributed by atoms with Gasteiger partial charge in [-0.1, -0.05) is 6.08 Å². The maximum atomic E-state index is 12.2. The molecule has 0 bridgehead atoms. The highest BCUT2D eigenvalue weighted by molar-refractivity contribution is 5.90. The maximum Gasteiger partial charge on any atom is 0.294 e. The zero-order valence-corrected chi connectivity index (χ0v) is 10.3. The second kappa shape index (κ2) is 4.69. The van der Waals surface area contributed by atoms with Crippen molar-refractivity contribution in [3.63, 3.8) is 0 Å². The summed E-state index contributed by atoms with van der Waals surface area (Å²) in [6, 6.07) is 0.114. The van der Waals surface area contributed by atoms with Crippen LogP contribution in [-0.2, 0) is 0 Å². The Morgan fingerprint density at radius 1 is 1.65 bits per heavy atom. The predicted molar refractivity (Wildman–Crippen MR) is 64.7 cm³/mol. The van der Waals surface area contributed by atoms with Gasteiger partial charge < -0.3 is 4.90 Å². The Morgan fingerprint density at radius 3 is 2.88 bits per heavy atom. The summed E-state index contributed by atoms with van der Waals surface area (Å²) in [7, 11) is 0. The molecule has 0 atom stereocenters. The van der Waals surface area contributed by atoms with Gasteiger partial charge in [0.05, 0.1) is 0 Å². The van der Waals surface area contributed by atoms with Gasteiger partial charge in [0, 0.05) is 18.5 Å². The van der Waals surface area contributed by atoms with E-state index < -0.39 is 0 Å². The summed E-state index contributed by atoms with van der Waals surface area (Å²) >= 11 is 0. The Morgan fingerprint density at radius 2 is 2.35 bits per heavy atom. The van der Waals surface area contributed by atoms with Crippen molar-refractivity contribution in [2.24, 2.45) is 0 Å². The lowest BCUT2D eigenvalue weighted by molar-refractivity contribution is 0.0716. The molecule has 1 amide bonds. The minimum absolute atomic E-state index is 0.114. The van der Waals surface area contributed by atoms with E-state index in [1.54, 1.807) is 11.0 Å². The van der Waals surface area contributed by atoms with Crippen LogP contribution in [0.15, 0.2) is 12.7 Å². The summed E-state index contributed by atoms with van der Waals surface area (Å²) < 4.78 is 0. The first-order chi connectivity index (χ1) is 8.13. The number of hydrogen-bond donors (Lipinski definition) is 1. The third-order valence-corrected chi connectivity index (χ3v) is 2.87. The van der Waals surface area contributed by atoms with Crippen molar-refractivity contribution < 1.29 is 4.79 Å². The van der Waals surface area contributed by atoms with Gasteiger partial charge in [0.1, 0.15) is 5.82 Å². The summed E-state index contributed by atoms with van der Waals surface area (Å²) in [5.41, 5.74) is 0. The molecule has 0 unspecified atom stereocenters. The van der Waals surface area contributed by atoms with E-state index in [-0.39, 0.29) is 17.8 Å². The lowest BCUT2D eigenvalue weighted by atomic mass is 10.3. The third-order valence-electron chi connectivity index (χ3n) is 2.87. The predicted octanol–water partition coefficient (Wildman–Crippen LogP) is 1.72. The number of hydrogen-bond acceptors (Lipinski definition) is 3. The second-order valence-electron chi connectivity index (χ2n) is 4.66. The molecule has 0 radical (unpaired) electrons. The van der Waals surface area contributed by atoms with Crippen LogP contribution in [0.1, 0.15) is 49.1 Å². The molecular formula is C12H18N4O. The highest BCUT2D eigenvalue weighted by Gasteiger charge is 2.29. The van der Waals surface area contributed by atoms with Crippen molar-refractivity contribution in [1.29, 1.82) is 0 Å². The molecule has 1 aromatic heterocycles. The number of H-pyrrole nitrogens is 1. The molecule has 1 fully saturated rings. The van der Waals surface area contributed by atoms with E-state index >= 15 is 0 Å². The summed E-state index contributed by atoms with van der Waals surface area (Å²) in [5.74, 6) is 1.46. The van der Waals surface area contributed by atoms with Crippen molar-refractivity contribution in [2.45, 2.75) is 38.6 Å². The van der Waals surface area contributed by atoms with Gasteiger partial charge >= 0.3 is 0 Å².